The predicted octanol–water partition coefficient (Wildman–Crippen LogP) is 6.75. The van der Waals surface area contributed by atoms with Crippen molar-refractivity contribution >= 4 is 39.0 Å². The first-order valence-corrected chi connectivity index (χ1v) is 11.6. The molecule has 5 nitrogen and oxygen atoms in total. The Labute approximate surface area is 197 Å². The minimum Gasteiger partial charge on any atom is -0.493 e. The lowest BCUT2D eigenvalue weighted by atomic mass is 10.0. The Morgan fingerprint density at radius 3 is 2.38 bits per heavy atom. The van der Waals surface area contributed by atoms with Crippen molar-refractivity contribution in [3.8, 4) is 22.6 Å². The summed E-state index contributed by atoms with van der Waals surface area (Å²) in [5.41, 5.74) is 3.34. The van der Waals surface area contributed by atoms with E-state index in [0.717, 1.165) is 38.6 Å². The third-order valence-corrected chi connectivity index (χ3v) is 6.61. The van der Waals surface area contributed by atoms with Gasteiger partial charge in [0.2, 0.25) is 5.28 Å². The summed E-state index contributed by atoms with van der Waals surface area (Å²) in [5.74, 6) is 2.22. The summed E-state index contributed by atoms with van der Waals surface area (Å²) in [5, 5.41) is 1.26. The van der Waals surface area contributed by atoms with Crippen LogP contribution in [-0.4, -0.2) is 30.2 Å². The van der Waals surface area contributed by atoms with Gasteiger partial charge in [-0.25, -0.2) is 4.98 Å². The number of aryl methyl sites for hydroxylation is 1. The van der Waals surface area contributed by atoms with Gasteiger partial charge in [-0.1, -0.05) is 36.4 Å². The summed E-state index contributed by atoms with van der Waals surface area (Å²) in [6, 6.07) is 16.6. The van der Waals surface area contributed by atoms with Crippen molar-refractivity contribution in [2.75, 3.05) is 19.1 Å². The summed E-state index contributed by atoms with van der Waals surface area (Å²) in [4.78, 5) is 13.6. The first-order valence-electron chi connectivity index (χ1n) is 10.4. The van der Waals surface area contributed by atoms with Crippen LogP contribution in [0.2, 0.25) is 5.28 Å². The fourth-order valence-corrected chi connectivity index (χ4v) is 5.15. The Morgan fingerprint density at radius 1 is 1.00 bits per heavy atom. The van der Waals surface area contributed by atoms with Crippen LogP contribution in [0.15, 0.2) is 48.5 Å². The standard InChI is InChI=1S/C25H26ClN3O2S/c1-15(2)29(14-17-9-7-6-8-10-17)23-22-21(16(3)32-24(22)28-25(26)27-23)18-11-12-19(30-4)20(13-18)31-5/h6-13,15H,14H2,1-5H3. The van der Waals surface area contributed by atoms with Crippen molar-refractivity contribution in [2.45, 2.75) is 33.4 Å². The molecule has 32 heavy (non-hydrogen) atoms. The van der Waals surface area contributed by atoms with E-state index < -0.39 is 0 Å². The van der Waals surface area contributed by atoms with Crippen LogP contribution >= 0.6 is 22.9 Å². The SMILES string of the molecule is COc1ccc(-c2c(C)sc3nc(Cl)nc(N(Cc4ccccc4)C(C)C)c23)cc1OC. The average molecular weight is 468 g/mol. The first-order chi connectivity index (χ1) is 15.4. The monoisotopic (exact) mass is 467 g/mol. The molecule has 0 aliphatic carbocycles. The first kappa shape index (κ1) is 22.4. The fourth-order valence-electron chi connectivity index (χ4n) is 3.90. The van der Waals surface area contributed by atoms with E-state index >= 15 is 0 Å². The van der Waals surface area contributed by atoms with Gasteiger partial charge in [0.1, 0.15) is 10.6 Å². The van der Waals surface area contributed by atoms with E-state index in [9.17, 15) is 0 Å². The van der Waals surface area contributed by atoms with Gasteiger partial charge in [0.25, 0.3) is 0 Å². The Bertz CT molecular complexity index is 1240. The second kappa shape index (κ2) is 9.35. The molecule has 0 radical (unpaired) electrons. The maximum absolute atomic E-state index is 6.39. The zero-order valence-electron chi connectivity index (χ0n) is 18.8. The van der Waals surface area contributed by atoms with Gasteiger partial charge in [-0.15, -0.1) is 11.3 Å². The molecule has 4 rings (SSSR count). The van der Waals surface area contributed by atoms with Crippen LogP contribution < -0.4 is 14.4 Å². The molecule has 166 valence electrons. The second-order valence-corrected chi connectivity index (χ2v) is 9.35. The van der Waals surface area contributed by atoms with E-state index in [1.54, 1.807) is 25.6 Å². The lowest BCUT2D eigenvalue weighted by molar-refractivity contribution is 0.355. The number of ether oxygens (including phenoxy) is 2. The van der Waals surface area contributed by atoms with Crippen LogP contribution in [0.4, 0.5) is 5.82 Å². The number of rotatable bonds is 7. The molecule has 2 aromatic carbocycles. The number of methoxy groups -OCH3 is 2. The molecule has 0 saturated heterocycles. The number of halogens is 1. The highest BCUT2D eigenvalue weighted by molar-refractivity contribution is 7.19. The maximum atomic E-state index is 6.39. The van der Waals surface area contributed by atoms with E-state index in [-0.39, 0.29) is 11.3 Å². The Hall–Kier alpha value is -2.83. The molecule has 2 heterocycles. The van der Waals surface area contributed by atoms with Gasteiger partial charge in [-0.05, 0) is 55.6 Å². The highest BCUT2D eigenvalue weighted by Gasteiger charge is 2.24. The normalized spacial score (nSPS) is 11.2. The molecule has 0 aliphatic heterocycles. The number of fused-ring (bicyclic) bond motifs is 1. The Morgan fingerprint density at radius 2 is 1.72 bits per heavy atom. The van der Waals surface area contributed by atoms with Crippen molar-refractivity contribution < 1.29 is 9.47 Å². The zero-order chi connectivity index (χ0) is 22.8. The van der Waals surface area contributed by atoms with Crippen LogP contribution in [0.5, 0.6) is 11.5 Å². The van der Waals surface area contributed by atoms with Crippen molar-refractivity contribution in [2.24, 2.45) is 0 Å². The molecule has 0 bridgehead atoms. The van der Waals surface area contributed by atoms with Gasteiger partial charge < -0.3 is 14.4 Å². The largest absolute Gasteiger partial charge is 0.493 e. The highest BCUT2D eigenvalue weighted by atomic mass is 35.5. The minimum absolute atomic E-state index is 0.211. The summed E-state index contributed by atoms with van der Waals surface area (Å²) in [7, 11) is 3.29. The minimum atomic E-state index is 0.211. The Kier molecular flexibility index (Phi) is 6.53. The molecule has 4 aromatic rings. The lowest BCUT2D eigenvalue weighted by Gasteiger charge is -2.29. The van der Waals surface area contributed by atoms with E-state index in [1.165, 1.54) is 5.56 Å². The molecule has 7 heteroatoms. The summed E-state index contributed by atoms with van der Waals surface area (Å²) in [6.07, 6.45) is 0. The number of hydrogen-bond acceptors (Lipinski definition) is 6. The molecule has 0 fully saturated rings. The maximum Gasteiger partial charge on any atom is 0.225 e. The van der Waals surface area contributed by atoms with Gasteiger partial charge in [0.05, 0.1) is 19.6 Å². The summed E-state index contributed by atoms with van der Waals surface area (Å²) >= 11 is 8.02. The number of nitrogens with zero attached hydrogens (tertiary/aromatic N) is 3. The van der Waals surface area contributed by atoms with Crippen molar-refractivity contribution in [3.05, 3.63) is 64.3 Å². The fraction of sp³-hybridized carbons (Fsp3) is 0.280. The number of aromatic nitrogens is 2. The number of hydrogen-bond donors (Lipinski definition) is 0. The molecule has 0 saturated carbocycles. The Balaban J connectivity index is 1.94. The third-order valence-electron chi connectivity index (χ3n) is 5.44. The van der Waals surface area contributed by atoms with Gasteiger partial charge in [-0.2, -0.15) is 4.98 Å². The van der Waals surface area contributed by atoms with Crippen LogP contribution in [0.25, 0.3) is 21.3 Å². The smallest absolute Gasteiger partial charge is 0.225 e. The molecule has 0 atom stereocenters. The van der Waals surface area contributed by atoms with Gasteiger partial charge >= 0.3 is 0 Å². The number of thiophene rings is 1. The van der Waals surface area contributed by atoms with Crippen LogP contribution in [0.1, 0.15) is 24.3 Å². The van der Waals surface area contributed by atoms with E-state index in [4.69, 9.17) is 26.1 Å². The van der Waals surface area contributed by atoms with Gasteiger partial charge in [0.15, 0.2) is 11.5 Å². The van der Waals surface area contributed by atoms with Crippen LogP contribution in [0, 0.1) is 6.92 Å². The predicted molar refractivity (Wildman–Crippen MR) is 133 cm³/mol. The van der Waals surface area contributed by atoms with E-state index in [1.807, 2.05) is 24.3 Å². The van der Waals surface area contributed by atoms with Crippen LogP contribution in [-0.2, 0) is 6.54 Å². The molecular formula is C25H26ClN3O2S. The molecular weight excluding hydrogens is 442 g/mol. The molecule has 0 N–H and O–H groups in total. The molecule has 0 amide bonds. The van der Waals surface area contributed by atoms with Crippen LogP contribution in [0.3, 0.4) is 0 Å². The van der Waals surface area contributed by atoms with E-state index in [0.29, 0.717) is 11.5 Å². The number of anilines is 1. The van der Waals surface area contributed by atoms with Crippen molar-refractivity contribution in [1.82, 2.24) is 9.97 Å². The van der Waals surface area contributed by atoms with Gasteiger partial charge in [0, 0.05) is 23.0 Å². The van der Waals surface area contributed by atoms with E-state index in [2.05, 4.69) is 54.9 Å². The zero-order valence-corrected chi connectivity index (χ0v) is 20.4. The topological polar surface area (TPSA) is 47.5 Å². The average Bonchev–Trinajstić information content (AvgIpc) is 3.12. The quantitative estimate of drug-likeness (QED) is 0.281. The van der Waals surface area contributed by atoms with Crippen molar-refractivity contribution in [3.63, 3.8) is 0 Å². The molecule has 2 aromatic heterocycles. The summed E-state index contributed by atoms with van der Waals surface area (Å²) < 4.78 is 11.0. The molecule has 0 aliphatic rings. The second-order valence-electron chi connectivity index (χ2n) is 7.81. The lowest BCUT2D eigenvalue weighted by Crippen LogP contribution is -2.31. The van der Waals surface area contributed by atoms with Gasteiger partial charge in [-0.3, -0.25) is 0 Å². The van der Waals surface area contributed by atoms with Crippen molar-refractivity contribution in [1.29, 1.82) is 0 Å². The highest BCUT2D eigenvalue weighted by Crippen LogP contribution is 2.44. The number of benzene rings is 2. The molecule has 0 unspecified atom stereocenters. The third kappa shape index (κ3) is 4.25. The molecule has 0 spiro atoms. The summed E-state index contributed by atoms with van der Waals surface area (Å²) in [6.45, 7) is 7.16.